The Morgan fingerprint density at radius 1 is 1.40 bits per heavy atom. The third-order valence-electron chi connectivity index (χ3n) is 5.43. The molecule has 108 valence electrons. The van der Waals surface area contributed by atoms with Crippen molar-refractivity contribution in [1.29, 1.82) is 0 Å². The van der Waals surface area contributed by atoms with Gasteiger partial charge in [-0.1, -0.05) is 15.9 Å². The fraction of sp³-hybridized carbons (Fsp3) is 0.625. The number of ether oxygens (including phenoxy) is 1. The first-order chi connectivity index (χ1) is 9.70. The van der Waals surface area contributed by atoms with Crippen LogP contribution in [0.4, 0.5) is 0 Å². The highest BCUT2D eigenvalue weighted by Crippen LogP contribution is 2.49. The van der Waals surface area contributed by atoms with Gasteiger partial charge in [0.1, 0.15) is 11.4 Å². The Labute approximate surface area is 128 Å². The Hall–Kier alpha value is -0.580. The standard InChI is InChI=1S/C16H21BrN2O/c1-18-14-9-16(5-7-19-6-4-11(16)10-19)20-15-3-2-12(17)8-13(14)15/h2-3,8,11,14,18H,4-7,9-10H2,1H3. The molecule has 4 unspecified atom stereocenters. The molecule has 3 nitrogen and oxygen atoms in total. The van der Waals surface area contributed by atoms with Gasteiger partial charge in [0.15, 0.2) is 0 Å². The molecule has 3 aliphatic rings. The van der Waals surface area contributed by atoms with Gasteiger partial charge in [-0.2, -0.15) is 0 Å². The lowest BCUT2D eigenvalue weighted by Gasteiger charge is -2.48. The van der Waals surface area contributed by atoms with Gasteiger partial charge in [0.2, 0.25) is 0 Å². The molecule has 1 aromatic carbocycles. The van der Waals surface area contributed by atoms with E-state index in [1.165, 1.54) is 38.0 Å². The van der Waals surface area contributed by atoms with Crippen LogP contribution < -0.4 is 10.1 Å². The second-order valence-electron chi connectivity index (χ2n) is 6.43. The summed E-state index contributed by atoms with van der Waals surface area (Å²) in [4.78, 5) is 2.59. The van der Waals surface area contributed by atoms with E-state index < -0.39 is 0 Å². The number of hydrogen-bond acceptors (Lipinski definition) is 3. The molecule has 4 heteroatoms. The molecule has 0 amide bonds. The molecule has 2 fully saturated rings. The number of nitrogens with one attached hydrogen (secondary N) is 1. The molecule has 2 bridgehead atoms. The van der Waals surface area contributed by atoms with Crippen LogP contribution in [0.5, 0.6) is 5.75 Å². The van der Waals surface area contributed by atoms with E-state index in [9.17, 15) is 0 Å². The lowest BCUT2D eigenvalue weighted by Crippen LogP contribution is -2.54. The highest BCUT2D eigenvalue weighted by Gasteiger charge is 2.51. The second-order valence-corrected chi connectivity index (χ2v) is 7.35. The normalized spacial score (nSPS) is 38.6. The summed E-state index contributed by atoms with van der Waals surface area (Å²) in [5, 5.41) is 3.50. The van der Waals surface area contributed by atoms with E-state index in [-0.39, 0.29) is 5.60 Å². The van der Waals surface area contributed by atoms with Crippen LogP contribution in [0.3, 0.4) is 0 Å². The number of halogens is 1. The van der Waals surface area contributed by atoms with Gasteiger partial charge < -0.3 is 15.0 Å². The zero-order chi connectivity index (χ0) is 13.7. The van der Waals surface area contributed by atoms with Crippen molar-refractivity contribution in [3.63, 3.8) is 0 Å². The predicted molar refractivity (Wildman–Crippen MR) is 83.1 cm³/mol. The third kappa shape index (κ3) is 1.92. The molecule has 0 aromatic heterocycles. The van der Waals surface area contributed by atoms with Crippen molar-refractivity contribution in [1.82, 2.24) is 10.2 Å². The van der Waals surface area contributed by atoms with Crippen molar-refractivity contribution in [2.45, 2.75) is 30.9 Å². The molecule has 1 spiro atoms. The number of hydrogen-bond donors (Lipinski definition) is 1. The monoisotopic (exact) mass is 336 g/mol. The Morgan fingerprint density at radius 3 is 3.15 bits per heavy atom. The van der Waals surface area contributed by atoms with Crippen LogP contribution in [0.1, 0.15) is 30.9 Å². The molecular formula is C16H21BrN2O. The van der Waals surface area contributed by atoms with E-state index in [1.54, 1.807) is 0 Å². The highest BCUT2D eigenvalue weighted by atomic mass is 79.9. The lowest BCUT2D eigenvalue weighted by molar-refractivity contribution is -0.0468. The van der Waals surface area contributed by atoms with Crippen LogP contribution in [-0.4, -0.2) is 37.2 Å². The molecule has 20 heavy (non-hydrogen) atoms. The molecule has 0 radical (unpaired) electrons. The number of rotatable bonds is 1. The van der Waals surface area contributed by atoms with Crippen molar-refractivity contribution in [3.05, 3.63) is 28.2 Å². The van der Waals surface area contributed by atoms with Crippen LogP contribution in [0.15, 0.2) is 22.7 Å². The van der Waals surface area contributed by atoms with Gasteiger partial charge in [-0.3, -0.25) is 0 Å². The van der Waals surface area contributed by atoms with E-state index in [1.807, 2.05) is 0 Å². The quantitative estimate of drug-likeness (QED) is 0.853. The molecular weight excluding hydrogens is 316 g/mol. The molecule has 3 heterocycles. The largest absolute Gasteiger partial charge is 0.486 e. The summed E-state index contributed by atoms with van der Waals surface area (Å²) in [5.41, 5.74) is 1.36. The molecule has 0 aliphatic carbocycles. The fourth-order valence-corrected chi connectivity index (χ4v) is 4.66. The summed E-state index contributed by atoms with van der Waals surface area (Å²) in [5.74, 6) is 1.78. The van der Waals surface area contributed by atoms with Crippen molar-refractivity contribution in [3.8, 4) is 5.75 Å². The van der Waals surface area contributed by atoms with Crippen LogP contribution in [0.2, 0.25) is 0 Å². The molecule has 1 aromatic rings. The minimum absolute atomic E-state index is 0.0570. The molecule has 4 rings (SSSR count). The maximum atomic E-state index is 6.59. The number of nitrogens with zero attached hydrogens (tertiary/aromatic N) is 1. The number of benzene rings is 1. The molecule has 2 saturated heterocycles. The molecule has 0 saturated carbocycles. The molecule has 1 N–H and O–H groups in total. The van der Waals surface area contributed by atoms with Crippen molar-refractivity contribution < 1.29 is 4.74 Å². The summed E-state index contributed by atoms with van der Waals surface area (Å²) in [6.07, 6.45) is 3.57. The number of piperidine rings is 1. The first-order valence-corrected chi connectivity index (χ1v) is 8.37. The zero-order valence-electron chi connectivity index (χ0n) is 11.9. The molecule has 4 atom stereocenters. The first kappa shape index (κ1) is 13.1. The minimum Gasteiger partial charge on any atom is -0.486 e. The second kappa shape index (κ2) is 4.72. The first-order valence-electron chi connectivity index (χ1n) is 7.58. The van der Waals surface area contributed by atoms with Gasteiger partial charge in [0.05, 0.1) is 0 Å². The van der Waals surface area contributed by atoms with Crippen molar-refractivity contribution >= 4 is 15.9 Å². The Bertz CT molecular complexity index is 535. The molecule has 3 aliphatic heterocycles. The van der Waals surface area contributed by atoms with Crippen LogP contribution in [0.25, 0.3) is 0 Å². The van der Waals surface area contributed by atoms with Crippen molar-refractivity contribution in [2.75, 3.05) is 26.7 Å². The van der Waals surface area contributed by atoms with Gasteiger partial charge >= 0.3 is 0 Å². The third-order valence-corrected chi connectivity index (χ3v) is 5.92. The van der Waals surface area contributed by atoms with Gasteiger partial charge in [-0.05, 0) is 38.2 Å². The predicted octanol–water partition coefficient (Wildman–Crippen LogP) is 2.96. The minimum atomic E-state index is 0.0570. The Balaban J connectivity index is 1.73. The smallest absolute Gasteiger partial charge is 0.125 e. The lowest BCUT2D eigenvalue weighted by atomic mass is 9.74. The van der Waals surface area contributed by atoms with Crippen LogP contribution in [0, 0.1) is 5.92 Å². The van der Waals surface area contributed by atoms with Crippen LogP contribution >= 0.6 is 15.9 Å². The van der Waals surface area contributed by atoms with Gasteiger partial charge in [-0.25, -0.2) is 0 Å². The summed E-state index contributed by atoms with van der Waals surface area (Å²) < 4.78 is 7.72. The maximum Gasteiger partial charge on any atom is 0.125 e. The zero-order valence-corrected chi connectivity index (χ0v) is 13.4. The average Bonchev–Trinajstić information content (AvgIpc) is 2.88. The maximum absolute atomic E-state index is 6.59. The van der Waals surface area contributed by atoms with Gasteiger partial charge in [0, 0.05) is 47.9 Å². The Morgan fingerprint density at radius 2 is 2.30 bits per heavy atom. The van der Waals surface area contributed by atoms with E-state index in [0.717, 1.165) is 16.6 Å². The van der Waals surface area contributed by atoms with E-state index in [2.05, 4.69) is 51.4 Å². The summed E-state index contributed by atoms with van der Waals surface area (Å²) >= 11 is 3.58. The van der Waals surface area contributed by atoms with Crippen molar-refractivity contribution in [2.24, 2.45) is 5.92 Å². The summed E-state index contributed by atoms with van der Waals surface area (Å²) in [7, 11) is 2.07. The average molecular weight is 337 g/mol. The Kier molecular flexibility index (Phi) is 3.09. The summed E-state index contributed by atoms with van der Waals surface area (Å²) in [6, 6.07) is 6.83. The van der Waals surface area contributed by atoms with E-state index >= 15 is 0 Å². The summed E-state index contributed by atoms with van der Waals surface area (Å²) in [6.45, 7) is 3.67. The van der Waals surface area contributed by atoms with Gasteiger partial charge in [0.25, 0.3) is 0 Å². The number of fused-ring (bicyclic) bond motifs is 4. The highest BCUT2D eigenvalue weighted by molar-refractivity contribution is 9.10. The SMILES string of the molecule is CNC1CC2(CCN3CCC2C3)Oc2ccc(Br)cc21. The van der Waals surface area contributed by atoms with Crippen LogP contribution in [-0.2, 0) is 0 Å². The fourth-order valence-electron chi connectivity index (χ4n) is 4.28. The van der Waals surface area contributed by atoms with E-state index in [4.69, 9.17) is 4.74 Å². The van der Waals surface area contributed by atoms with Gasteiger partial charge in [-0.15, -0.1) is 0 Å². The topological polar surface area (TPSA) is 24.5 Å². The van der Waals surface area contributed by atoms with E-state index in [0.29, 0.717) is 12.0 Å².